The van der Waals surface area contributed by atoms with Gasteiger partial charge in [0.05, 0.1) is 13.2 Å². The topological polar surface area (TPSA) is 30.5 Å². The Hall–Kier alpha value is -0.120. The summed E-state index contributed by atoms with van der Waals surface area (Å²) in [5.74, 6) is 0. The number of unbranched alkanes of at least 4 members (excludes halogenated alkanes) is 1. The molecule has 66 valence electrons. The Morgan fingerprint density at radius 3 is 2.64 bits per heavy atom. The molecule has 1 rings (SSSR count). The van der Waals surface area contributed by atoms with Gasteiger partial charge in [0.1, 0.15) is 0 Å². The summed E-state index contributed by atoms with van der Waals surface area (Å²) in [7, 11) is 1.97. The number of hydrogen-bond acceptors (Lipinski definition) is 3. The molecule has 0 aromatic rings. The van der Waals surface area contributed by atoms with Crippen LogP contribution in [-0.4, -0.2) is 33.1 Å². The molecule has 11 heavy (non-hydrogen) atoms. The van der Waals surface area contributed by atoms with E-state index in [2.05, 4.69) is 5.32 Å². The van der Waals surface area contributed by atoms with Crippen molar-refractivity contribution in [2.75, 3.05) is 26.8 Å². The highest BCUT2D eigenvalue weighted by Crippen LogP contribution is 2.10. The van der Waals surface area contributed by atoms with Crippen molar-refractivity contribution < 1.29 is 9.47 Å². The van der Waals surface area contributed by atoms with Crippen LogP contribution in [0.25, 0.3) is 0 Å². The molecule has 1 saturated heterocycles. The van der Waals surface area contributed by atoms with Gasteiger partial charge < -0.3 is 14.8 Å². The maximum atomic E-state index is 5.29. The zero-order valence-corrected chi connectivity index (χ0v) is 7.14. The first-order valence-electron chi connectivity index (χ1n) is 4.31. The third-order valence-corrected chi connectivity index (χ3v) is 1.81. The normalized spacial score (nSPS) is 19.4. The average molecular weight is 159 g/mol. The number of nitrogens with one attached hydrogen (secondary N) is 1. The highest BCUT2D eigenvalue weighted by molar-refractivity contribution is 4.53. The summed E-state index contributed by atoms with van der Waals surface area (Å²) in [6.07, 6.45) is 3.53. The minimum Gasteiger partial charge on any atom is -0.350 e. The van der Waals surface area contributed by atoms with Gasteiger partial charge in [0, 0.05) is 0 Å². The SMILES string of the molecule is CNCCCCC1OCCO1. The molecule has 1 heterocycles. The number of ether oxygens (including phenoxy) is 2. The molecule has 1 N–H and O–H groups in total. The average Bonchev–Trinajstić information content (AvgIpc) is 2.50. The fourth-order valence-corrected chi connectivity index (χ4v) is 1.19. The first kappa shape index (κ1) is 8.97. The molecule has 1 aliphatic heterocycles. The van der Waals surface area contributed by atoms with E-state index in [0.717, 1.165) is 26.2 Å². The number of rotatable bonds is 5. The fourth-order valence-electron chi connectivity index (χ4n) is 1.19. The molecule has 1 aliphatic rings. The van der Waals surface area contributed by atoms with Gasteiger partial charge in [0.2, 0.25) is 0 Å². The maximum Gasteiger partial charge on any atom is 0.157 e. The molecule has 0 spiro atoms. The van der Waals surface area contributed by atoms with E-state index < -0.39 is 0 Å². The van der Waals surface area contributed by atoms with Crippen LogP contribution in [0, 0.1) is 0 Å². The Morgan fingerprint density at radius 2 is 2.00 bits per heavy atom. The Bertz CT molecular complexity index is 92.1. The van der Waals surface area contributed by atoms with E-state index in [0.29, 0.717) is 0 Å². The van der Waals surface area contributed by atoms with Crippen molar-refractivity contribution in [1.29, 1.82) is 0 Å². The van der Waals surface area contributed by atoms with E-state index >= 15 is 0 Å². The molecule has 0 aromatic carbocycles. The summed E-state index contributed by atoms with van der Waals surface area (Å²) in [4.78, 5) is 0. The Labute approximate surface area is 68.1 Å². The zero-order chi connectivity index (χ0) is 7.94. The molecule has 1 fully saturated rings. The largest absolute Gasteiger partial charge is 0.350 e. The lowest BCUT2D eigenvalue weighted by Gasteiger charge is -2.07. The van der Waals surface area contributed by atoms with Crippen LogP contribution in [0.1, 0.15) is 19.3 Å². The summed E-state index contributed by atoms with van der Waals surface area (Å²) >= 11 is 0. The summed E-state index contributed by atoms with van der Waals surface area (Å²) in [6, 6.07) is 0. The number of hydrogen-bond donors (Lipinski definition) is 1. The lowest BCUT2D eigenvalue weighted by atomic mass is 10.2. The van der Waals surface area contributed by atoms with Crippen LogP contribution in [0.3, 0.4) is 0 Å². The molecule has 3 heteroatoms. The highest BCUT2D eigenvalue weighted by Gasteiger charge is 2.14. The molecule has 0 radical (unpaired) electrons. The van der Waals surface area contributed by atoms with Gasteiger partial charge >= 0.3 is 0 Å². The third kappa shape index (κ3) is 3.70. The third-order valence-electron chi connectivity index (χ3n) is 1.81. The molecule has 3 nitrogen and oxygen atoms in total. The molecule has 0 atom stereocenters. The van der Waals surface area contributed by atoms with E-state index in [1.165, 1.54) is 12.8 Å². The van der Waals surface area contributed by atoms with E-state index in [1.807, 2.05) is 7.05 Å². The van der Waals surface area contributed by atoms with Gasteiger partial charge in [-0.25, -0.2) is 0 Å². The van der Waals surface area contributed by atoms with Gasteiger partial charge in [-0.1, -0.05) is 0 Å². The van der Waals surface area contributed by atoms with E-state index in [9.17, 15) is 0 Å². The van der Waals surface area contributed by atoms with Gasteiger partial charge in [-0.2, -0.15) is 0 Å². The van der Waals surface area contributed by atoms with Crippen molar-refractivity contribution in [3.8, 4) is 0 Å². The van der Waals surface area contributed by atoms with Crippen molar-refractivity contribution in [2.24, 2.45) is 0 Å². The summed E-state index contributed by atoms with van der Waals surface area (Å²) < 4.78 is 10.6. The minimum absolute atomic E-state index is 0.0897. The summed E-state index contributed by atoms with van der Waals surface area (Å²) in [5, 5.41) is 3.11. The van der Waals surface area contributed by atoms with Crippen molar-refractivity contribution in [3.63, 3.8) is 0 Å². The van der Waals surface area contributed by atoms with Gasteiger partial charge in [0.15, 0.2) is 6.29 Å². The van der Waals surface area contributed by atoms with Crippen LogP contribution in [0.4, 0.5) is 0 Å². The van der Waals surface area contributed by atoms with Crippen LogP contribution in [-0.2, 0) is 9.47 Å². The second-order valence-corrected chi connectivity index (χ2v) is 2.77. The standard InChI is InChI=1S/C8H17NO2/c1-9-5-3-2-4-8-10-6-7-11-8/h8-9H,2-7H2,1H3. The van der Waals surface area contributed by atoms with Crippen molar-refractivity contribution >= 4 is 0 Å². The molecule has 0 saturated carbocycles. The monoisotopic (exact) mass is 159 g/mol. The van der Waals surface area contributed by atoms with E-state index in [-0.39, 0.29) is 6.29 Å². The van der Waals surface area contributed by atoms with E-state index in [1.54, 1.807) is 0 Å². The lowest BCUT2D eigenvalue weighted by Crippen LogP contribution is -2.10. The van der Waals surface area contributed by atoms with Gasteiger partial charge in [-0.15, -0.1) is 0 Å². The van der Waals surface area contributed by atoms with Gasteiger partial charge in [-0.05, 0) is 32.9 Å². The first-order chi connectivity index (χ1) is 5.43. The molecule has 0 amide bonds. The van der Waals surface area contributed by atoms with Gasteiger partial charge in [0.25, 0.3) is 0 Å². The molecule has 0 bridgehead atoms. The van der Waals surface area contributed by atoms with Crippen molar-refractivity contribution in [2.45, 2.75) is 25.6 Å². The van der Waals surface area contributed by atoms with Crippen LogP contribution >= 0.6 is 0 Å². The molecule has 0 aliphatic carbocycles. The predicted octanol–water partition coefficient (Wildman–Crippen LogP) is 0.749. The molecule has 0 aromatic heterocycles. The van der Waals surface area contributed by atoms with Crippen LogP contribution in [0.15, 0.2) is 0 Å². The molecular formula is C8H17NO2. The highest BCUT2D eigenvalue weighted by atomic mass is 16.7. The maximum absolute atomic E-state index is 5.29. The van der Waals surface area contributed by atoms with Crippen LogP contribution in [0.2, 0.25) is 0 Å². The zero-order valence-electron chi connectivity index (χ0n) is 7.14. The molecule has 0 unspecified atom stereocenters. The van der Waals surface area contributed by atoms with E-state index in [4.69, 9.17) is 9.47 Å². The smallest absolute Gasteiger partial charge is 0.157 e. The minimum atomic E-state index is 0.0897. The van der Waals surface area contributed by atoms with Crippen molar-refractivity contribution in [1.82, 2.24) is 5.32 Å². The Balaban J connectivity index is 1.86. The lowest BCUT2D eigenvalue weighted by molar-refractivity contribution is -0.0478. The van der Waals surface area contributed by atoms with Crippen molar-refractivity contribution in [3.05, 3.63) is 0 Å². The quantitative estimate of drug-likeness (QED) is 0.600. The van der Waals surface area contributed by atoms with Crippen LogP contribution in [0.5, 0.6) is 0 Å². The fraction of sp³-hybridized carbons (Fsp3) is 1.00. The Kier molecular flexibility index (Phi) is 4.50. The van der Waals surface area contributed by atoms with Gasteiger partial charge in [-0.3, -0.25) is 0 Å². The second-order valence-electron chi connectivity index (χ2n) is 2.77. The van der Waals surface area contributed by atoms with Crippen LogP contribution < -0.4 is 5.32 Å². The summed E-state index contributed by atoms with van der Waals surface area (Å²) in [5.41, 5.74) is 0. The molecular weight excluding hydrogens is 142 g/mol. The summed E-state index contributed by atoms with van der Waals surface area (Å²) in [6.45, 7) is 2.64. The second kappa shape index (κ2) is 5.52. The first-order valence-corrected chi connectivity index (χ1v) is 4.31. The Morgan fingerprint density at radius 1 is 1.27 bits per heavy atom. The predicted molar refractivity (Wildman–Crippen MR) is 43.5 cm³/mol.